The maximum absolute atomic E-state index is 9.53. The Hall–Kier alpha value is -1.17. The number of methoxy groups -OCH3 is 1. The number of rotatable bonds is 8. The molecule has 1 aromatic rings. The van der Waals surface area contributed by atoms with Crippen LogP contribution >= 0.6 is 0 Å². The molecule has 1 rings (SSSR count). The number of hydrogen-bond donors (Lipinski definition) is 2. The van der Waals surface area contributed by atoms with Gasteiger partial charge in [-0.15, -0.1) is 0 Å². The number of aromatic nitrogens is 1. The molecule has 0 bridgehead atoms. The summed E-state index contributed by atoms with van der Waals surface area (Å²) in [5.74, 6) is 0.665. The number of aliphatic hydroxyl groups is 1. The average molecular weight is 254 g/mol. The van der Waals surface area contributed by atoms with Gasteiger partial charge in [0.15, 0.2) is 0 Å². The minimum atomic E-state index is -0.833. The normalized spacial score (nSPS) is 11.6. The van der Waals surface area contributed by atoms with Crippen molar-refractivity contribution in [1.82, 2.24) is 10.3 Å². The lowest BCUT2D eigenvalue weighted by molar-refractivity contribution is 0.0283. The second-order valence-electron chi connectivity index (χ2n) is 4.76. The van der Waals surface area contributed by atoms with E-state index in [1.54, 1.807) is 27.2 Å². The summed E-state index contributed by atoms with van der Waals surface area (Å²) in [7, 11) is 1.68. The molecule has 0 aliphatic heterocycles. The van der Waals surface area contributed by atoms with Gasteiger partial charge in [-0.3, -0.25) is 4.98 Å². The van der Waals surface area contributed by atoms with Gasteiger partial charge in [-0.25, -0.2) is 0 Å². The molecule has 0 spiro atoms. The van der Waals surface area contributed by atoms with E-state index in [9.17, 15) is 5.11 Å². The van der Waals surface area contributed by atoms with Crippen molar-refractivity contribution in [2.45, 2.75) is 26.0 Å². The molecule has 0 atom stereocenters. The van der Waals surface area contributed by atoms with E-state index in [1.165, 1.54) is 0 Å². The van der Waals surface area contributed by atoms with E-state index < -0.39 is 5.60 Å². The van der Waals surface area contributed by atoms with Crippen LogP contribution in [-0.4, -0.2) is 42.6 Å². The molecule has 5 heteroatoms. The molecule has 0 aliphatic rings. The molecule has 0 unspecified atom stereocenters. The van der Waals surface area contributed by atoms with Gasteiger partial charge in [0.2, 0.25) is 0 Å². The first-order valence-corrected chi connectivity index (χ1v) is 6.01. The van der Waals surface area contributed by atoms with E-state index in [0.29, 0.717) is 18.9 Å². The molecule has 1 heterocycles. The van der Waals surface area contributed by atoms with Crippen LogP contribution in [0.1, 0.15) is 19.5 Å². The standard InChI is InChI=1S/C13H22N2O3/c1-13(2,16)10-18-12-5-4-11(15-9-12)8-14-6-7-17-3/h4-5,9,14,16H,6-8,10H2,1-3H3. The fourth-order valence-corrected chi connectivity index (χ4v) is 1.25. The Bertz CT molecular complexity index is 333. The molecule has 0 aliphatic carbocycles. The maximum atomic E-state index is 9.53. The van der Waals surface area contributed by atoms with Gasteiger partial charge in [0.25, 0.3) is 0 Å². The average Bonchev–Trinajstić information content (AvgIpc) is 2.33. The molecular formula is C13H22N2O3. The molecule has 0 fully saturated rings. The van der Waals surface area contributed by atoms with E-state index in [-0.39, 0.29) is 6.61 Å². The summed E-state index contributed by atoms with van der Waals surface area (Å²) in [6, 6.07) is 3.76. The smallest absolute Gasteiger partial charge is 0.137 e. The monoisotopic (exact) mass is 254 g/mol. The summed E-state index contributed by atoms with van der Waals surface area (Å²) in [5, 5.41) is 12.7. The number of hydrogen-bond acceptors (Lipinski definition) is 5. The molecule has 0 saturated heterocycles. The minimum absolute atomic E-state index is 0.250. The molecule has 18 heavy (non-hydrogen) atoms. The second kappa shape index (κ2) is 7.31. The molecular weight excluding hydrogens is 232 g/mol. The van der Waals surface area contributed by atoms with E-state index in [0.717, 1.165) is 12.2 Å². The van der Waals surface area contributed by atoms with Crippen LogP contribution in [0.2, 0.25) is 0 Å². The second-order valence-corrected chi connectivity index (χ2v) is 4.76. The summed E-state index contributed by atoms with van der Waals surface area (Å²) >= 11 is 0. The fraction of sp³-hybridized carbons (Fsp3) is 0.615. The van der Waals surface area contributed by atoms with Crippen molar-refractivity contribution in [3.05, 3.63) is 24.0 Å². The van der Waals surface area contributed by atoms with Crippen molar-refractivity contribution in [3.63, 3.8) is 0 Å². The zero-order valence-corrected chi connectivity index (χ0v) is 11.3. The van der Waals surface area contributed by atoms with Crippen LogP contribution in [0.4, 0.5) is 0 Å². The zero-order valence-electron chi connectivity index (χ0n) is 11.3. The molecule has 0 saturated carbocycles. The van der Waals surface area contributed by atoms with Crippen LogP contribution in [0.5, 0.6) is 5.75 Å². The molecule has 2 N–H and O–H groups in total. The third-order valence-electron chi connectivity index (χ3n) is 2.18. The first-order valence-electron chi connectivity index (χ1n) is 6.01. The highest BCUT2D eigenvalue weighted by atomic mass is 16.5. The van der Waals surface area contributed by atoms with Crippen LogP contribution in [0.3, 0.4) is 0 Å². The Balaban J connectivity index is 2.33. The number of nitrogens with zero attached hydrogens (tertiary/aromatic N) is 1. The Morgan fingerprint density at radius 2 is 2.17 bits per heavy atom. The van der Waals surface area contributed by atoms with Gasteiger partial charge in [0.1, 0.15) is 12.4 Å². The highest BCUT2D eigenvalue weighted by Crippen LogP contribution is 2.11. The Kier molecular flexibility index (Phi) is 6.04. The molecule has 0 aromatic carbocycles. The van der Waals surface area contributed by atoms with Crippen molar-refractivity contribution < 1.29 is 14.6 Å². The molecule has 0 radical (unpaired) electrons. The van der Waals surface area contributed by atoms with Crippen LogP contribution < -0.4 is 10.1 Å². The topological polar surface area (TPSA) is 63.6 Å². The third kappa shape index (κ3) is 6.54. The summed E-state index contributed by atoms with van der Waals surface area (Å²) < 4.78 is 10.4. The lowest BCUT2D eigenvalue weighted by Crippen LogP contribution is -2.27. The van der Waals surface area contributed by atoms with Crippen molar-refractivity contribution in [2.24, 2.45) is 0 Å². The van der Waals surface area contributed by atoms with Crippen LogP contribution in [0, 0.1) is 0 Å². The van der Waals surface area contributed by atoms with Crippen molar-refractivity contribution in [2.75, 3.05) is 26.9 Å². The van der Waals surface area contributed by atoms with Gasteiger partial charge in [-0.2, -0.15) is 0 Å². The van der Waals surface area contributed by atoms with E-state index in [2.05, 4.69) is 10.3 Å². The number of nitrogens with one attached hydrogen (secondary N) is 1. The van der Waals surface area contributed by atoms with E-state index in [4.69, 9.17) is 9.47 Å². The summed E-state index contributed by atoms with van der Waals surface area (Å²) in [6.07, 6.45) is 1.67. The summed E-state index contributed by atoms with van der Waals surface area (Å²) in [5.41, 5.74) is 0.113. The van der Waals surface area contributed by atoms with Crippen molar-refractivity contribution in [3.8, 4) is 5.75 Å². The predicted molar refractivity (Wildman–Crippen MR) is 69.6 cm³/mol. The summed E-state index contributed by atoms with van der Waals surface area (Å²) in [6.45, 7) is 5.85. The molecule has 102 valence electrons. The fourth-order valence-electron chi connectivity index (χ4n) is 1.25. The van der Waals surface area contributed by atoms with E-state index >= 15 is 0 Å². The Labute approximate surface area is 108 Å². The van der Waals surface area contributed by atoms with Crippen LogP contribution in [-0.2, 0) is 11.3 Å². The van der Waals surface area contributed by atoms with Gasteiger partial charge >= 0.3 is 0 Å². The summed E-state index contributed by atoms with van der Waals surface area (Å²) in [4.78, 5) is 4.27. The lowest BCUT2D eigenvalue weighted by Gasteiger charge is -2.17. The maximum Gasteiger partial charge on any atom is 0.137 e. The third-order valence-corrected chi connectivity index (χ3v) is 2.18. The highest BCUT2D eigenvalue weighted by molar-refractivity contribution is 5.19. The predicted octanol–water partition coefficient (Wildman–Crippen LogP) is 0.967. The first kappa shape index (κ1) is 14.9. The van der Waals surface area contributed by atoms with Crippen molar-refractivity contribution in [1.29, 1.82) is 0 Å². The quantitative estimate of drug-likeness (QED) is 0.677. The molecule has 1 aromatic heterocycles. The number of pyridine rings is 1. The SMILES string of the molecule is COCCNCc1ccc(OCC(C)(C)O)cn1. The van der Waals surface area contributed by atoms with Crippen LogP contribution in [0.25, 0.3) is 0 Å². The molecule has 5 nitrogen and oxygen atoms in total. The lowest BCUT2D eigenvalue weighted by atomic mass is 10.2. The Morgan fingerprint density at radius 3 is 2.72 bits per heavy atom. The minimum Gasteiger partial charge on any atom is -0.489 e. The number of ether oxygens (including phenoxy) is 2. The van der Waals surface area contributed by atoms with Gasteiger partial charge in [-0.1, -0.05) is 0 Å². The van der Waals surface area contributed by atoms with E-state index in [1.807, 2.05) is 12.1 Å². The van der Waals surface area contributed by atoms with Gasteiger partial charge in [0.05, 0.1) is 24.1 Å². The van der Waals surface area contributed by atoms with Crippen LogP contribution in [0.15, 0.2) is 18.3 Å². The highest BCUT2D eigenvalue weighted by Gasteiger charge is 2.13. The van der Waals surface area contributed by atoms with Gasteiger partial charge in [0, 0.05) is 20.2 Å². The first-order chi connectivity index (χ1) is 8.51. The molecule has 0 amide bonds. The zero-order chi connectivity index (χ0) is 13.4. The van der Waals surface area contributed by atoms with Gasteiger partial charge < -0.3 is 19.9 Å². The Morgan fingerprint density at radius 1 is 1.39 bits per heavy atom. The van der Waals surface area contributed by atoms with Crippen molar-refractivity contribution >= 4 is 0 Å². The van der Waals surface area contributed by atoms with Gasteiger partial charge in [-0.05, 0) is 26.0 Å². The largest absolute Gasteiger partial charge is 0.489 e.